The molecular formula is C30H25ClO5. The lowest BCUT2D eigenvalue weighted by molar-refractivity contribution is -2.00. The first-order valence-electron chi connectivity index (χ1n) is 11.3. The van der Waals surface area contributed by atoms with Gasteiger partial charge in [-0.2, -0.15) is 0 Å². The lowest BCUT2D eigenvalue weighted by atomic mass is 9.96. The van der Waals surface area contributed by atoms with Crippen molar-refractivity contribution in [2.24, 2.45) is 0 Å². The van der Waals surface area contributed by atoms with Crippen molar-refractivity contribution in [3.05, 3.63) is 114 Å². The van der Waals surface area contributed by atoms with E-state index in [1.54, 1.807) is 0 Å². The van der Waals surface area contributed by atoms with Crippen molar-refractivity contribution in [3.63, 3.8) is 0 Å². The minimum Gasteiger partial charge on any atom is -0.222 e. The molecule has 2 aliphatic rings. The van der Waals surface area contributed by atoms with Crippen LogP contribution in [-0.4, -0.2) is 0 Å². The maximum atomic E-state index is 8.49. The van der Waals surface area contributed by atoms with Gasteiger partial charge in [-0.05, 0) is 72.9 Å². The van der Waals surface area contributed by atoms with Crippen LogP contribution in [0.3, 0.4) is 0 Å². The number of benzene rings is 2. The van der Waals surface area contributed by atoms with Crippen LogP contribution < -0.4 is 18.6 Å². The van der Waals surface area contributed by atoms with E-state index in [1.165, 1.54) is 38.9 Å². The van der Waals surface area contributed by atoms with Crippen molar-refractivity contribution >= 4 is 0 Å². The molecule has 0 aliphatic heterocycles. The van der Waals surface area contributed by atoms with Crippen LogP contribution in [0.25, 0.3) is 44.9 Å². The molecule has 5 rings (SSSR count). The van der Waals surface area contributed by atoms with E-state index in [9.17, 15) is 0 Å². The molecule has 2 aromatic carbocycles. The highest BCUT2D eigenvalue weighted by Crippen LogP contribution is 2.42. The van der Waals surface area contributed by atoms with Crippen LogP contribution >= 0.6 is 0 Å². The zero-order valence-electron chi connectivity index (χ0n) is 20.2. The van der Waals surface area contributed by atoms with Gasteiger partial charge < -0.3 is 0 Å². The molecule has 0 unspecified atom stereocenters. The van der Waals surface area contributed by atoms with Crippen LogP contribution in [0.15, 0.2) is 101 Å². The maximum absolute atomic E-state index is 8.49. The normalized spacial score (nSPS) is 11.2. The zero-order chi connectivity index (χ0) is 25.9. The Balaban J connectivity index is 0.000000556. The highest BCUT2D eigenvalue weighted by Gasteiger charge is 2.23. The molecule has 6 heteroatoms. The van der Waals surface area contributed by atoms with Crippen LogP contribution in [0.5, 0.6) is 0 Å². The number of aryl methyl sites for hydroxylation is 3. The fourth-order valence-electron chi connectivity index (χ4n) is 4.49. The largest absolute Gasteiger partial charge is 0.361 e. The number of hydrogen-bond donors (Lipinski definition) is 0. The van der Waals surface area contributed by atoms with Crippen molar-refractivity contribution in [3.8, 4) is 44.9 Å². The van der Waals surface area contributed by atoms with E-state index < -0.39 is 10.2 Å². The van der Waals surface area contributed by atoms with Gasteiger partial charge in [-0.25, -0.2) is 23.1 Å². The van der Waals surface area contributed by atoms with Crippen LogP contribution in [-0.2, 0) is 0 Å². The molecular weight excluding hydrogens is 476 g/mol. The SMILES string of the molecule is Cc1cc(C)c2ccc(-c3cc(-c4ccccc4)[o+]c(-c4ccccc4)c3)c-2c(C)c1.[O-][Cl+3]([O-])([O-])[O-]. The van der Waals surface area contributed by atoms with E-state index in [0.29, 0.717) is 0 Å². The molecule has 0 fully saturated rings. The average Bonchev–Trinajstić information content (AvgIpc) is 3.25. The third-order valence-electron chi connectivity index (χ3n) is 5.88. The van der Waals surface area contributed by atoms with Crippen LogP contribution in [0.2, 0.25) is 0 Å². The number of halogens is 1. The third kappa shape index (κ3) is 6.15. The Morgan fingerprint density at radius 1 is 0.528 bits per heavy atom. The number of rotatable bonds is 3. The van der Waals surface area contributed by atoms with Crippen LogP contribution in [0.4, 0.5) is 0 Å². The summed E-state index contributed by atoms with van der Waals surface area (Å²) in [7, 11) is -4.94. The van der Waals surface area contributed by atoms with Gasteiger partial charge in [0.25, 0.3) is 0 Å². The van der Waals surface area contributed by atoms with Gasteiger partial charge in [0.2, 0.25) is 0 Å². The summed E-state index contributed by atoms with van der Waals surface area (Å²) < 4.78 is 40.4. The lowest BCUT2D eigenvalue weighted by Gasteiger charge is -2.17. The monoisotopic (exact) mass is 500 g/mol. The number of hydrogen-bond acceptors (Lipinski definition) is 4. The molecule has 0 amide bonds. The average molecular weight is 501 g/mol. The predicted molar refractivity (Wildman–Crippen MR) is 130 cm³/mol. The van der Waals surface area contributed by atoms with Crippen molar-refractivity contribution in [1.29, 1.82) is 0 Å². The first-order valence-corrected chi connectivity index (χ1v) is 12.6. The van der Waals surface area contributed by atoms with Gasteiger partial charge in [-0.3, -0.25) is 0 Å². The van der Waals surface area contributed by atoms with Crippen molar-refractivity contribution in [1.82, 2.24) is 0 Å². The second kappa shape index (κ2) is 10.6. The van der Waals surface area contributed by atoms with E-state index in [-0.39, 0.29) is 0 Å². The van der Waals surface area contributed by atoms with Gasteiger partial charge in [0.05, 0.1) is 23.3 Å². The standard InChI is InChI=1S/C30H25O.ClHO4/c1-20-16-21(2)26-14-15-27(30(26)22(3)17-20)25-18-28(23-10-6-4-7-11-23)31-29(19-25)24-12-8-5-9-13-24;2-1(3,4)5/h4-19H,1-3H3;(H,2,3,4,5)/q+1;/p-1. The molecule has 0 saturated carbocycles. The van der Waals surface area contributed by atoms with Gasteiger partial charge in [0.1, 0.15) is 0 Å². The molecule has 2 aliphatic carbocycles. The Morgan fingerprint density at radius 2 is 0.972 bits per heavy atom. The summed E-state index contributed by atoms with van der Waals surface area (Å²) >= 11 is 0. The smallest absolute Gasteiger partial charge is 0.222 e. The van der Waals surface area contributed by atoms with E-state index in [2.05, 4.69) is 81.4 Å². The summed E-state index contributed by atoms with van der Waals surface area (Å²) in [5.74, 6) is 1.74. The Bertz CT molecular complexity index is 1380. The van der Waals surface area contributed by atoms with Gasteiger partial charge >= 0.3 is 11.5 Å². The minimum absolute atomic E-state index is 0.872. The van der Waals surface area contributed by atoms with Crippen molar-refractivity contribution < 1.29 is 33.3 Å². The zero-order valence-corrected chi connectivity index (χ0v) is 20.9. The maximum Gasteiger partial charge on any atom is 0.361 e. The molecule has 1 aromatic heterocycles. The number of fused-ring (bicyclic) bond motifs is 1. The summed E-state index contributed by atoms with van der Waals surface area (Å²) in [5, 5.41) is 0. The second-order valence-corrected chi connectivity index (χ2v) is 9.37. The molecule has 3 aromatic rings. The summed E-state index contributed by atoms with van der Waals surface area (Å²) in [4.78, 5) is 0. The Kier molecular flexibility index (Phi) is 7.50. The first-order chi connectivity index (χ1) is 17.1. The molecule has 1 heterocycles. The highest BCUT2D eigenvalue weighted by atomic mass is 35.7. The third-order valence-corrected chi connectivity index (χ3v) is 5.88. The van der Waals surface area contributed by atoms with E-state index in [4.69, 9.17) is 23.1 Å². The Morgan fingerprint density at radius 3 is 1.47 bits per heavy atom. The van der Waals surface area contributed by atoms with Gasteiger partial charge in [-0.15, -0.1) is 10.2 Å². The highest BCUT2D eigenvalue weighted by molar-refractivity contribution is 5.91. The van der Waals surface area contributed by atoms with Crippen molar-refractivity contribution in [2.45, 2.75) is 20.8 Å². The van der Waals surface area contributed by atoms with Crippen LogP contribution in [0.1, 0.15) is 16.7 Å². The Labute approximate surface area is 212 Å². The molecule has 0 bridgehead atoms. The van der Waals surface area contributed by atoms with Gasteiger partial charge in [0, 0.05) is 5.56 Å². The van der Waals surface area contributed by atoms with E-state index in [0.717, 1.165) is 22.6 Å². The summed E-state index contributed by atoms with van der Waals surface area (Å²) in [5.41, 5.74) is 11.1. The molecule has 182 valence electrons. The minimum atomic E-state index is -4.94. The molecule has 5 nitrogen and oxygen atoms in total. The molecule has 0 saturated heterocycles. The lowest BCUT2D eigenvalue weighted by Crippen LogP contribution is -2.68. The predicted octanol–water partition coefficient (Wildman–Crippen LogP) is 3.84. The molecule has 36 heavy (non-hydrogen) atoms. The summed E-state index contributed by atoms with van der Waals surface area (Å²) in [6, 6.07) is 34.0. The van der Waals surface area contributed by atoms with Gasteiger partial charge in [0.15, 0.2) is 0 Å². The van der Waals surface area contributed by atoms with E-state index >= 15 is 0 Å². The summed E-state index contributed by atoms with van der Waals surface area (Å²) in [6.07, 6.45) is 0. The Hall–Kier alpha value is -3.58. The fourth-order valence-corrected chi connectivity index (χ4v) is 4.49. The fraction of sp³-hybridized carbons (Fsp3) is 0.100. The molecule has 0 spiro atoms. The summed E-state index contributed by atoms with van der Waals surface area (Å²) in [6.45, 7) is 6.58. The first kappa shape index (κ1) is 25.5. The molecule has 0 N–H and O–H groups in total. The quantitative estimate of drug-likeness (QED) is 0.350. The van der Waals surface area contributed by atoms with Crippen LogP contribution in [0, 0.1) is 31.0 Å². The second-order valence-electron chi connectivity index (χ2n) is 8.62. The molecule has 0 atom stereocenters. The van der Waals surface area contributed by atoms with Crippen molar-refractivity contribution in [2.75, 3.05) is 0 Å². The van der Waals surface area contributed by atoms with E-state index in [1.807, 2.05) is 36.4 Å². The topological polar surface area (TPSA) is 104 Å². The van der Waals surface area contributed by atoms with Gasteiger partial charge in [-0.1, -0.05) is 66.2 Å². The molecule has 0 radical (unpaired) electrons.